The van der Waals surface area contributed by atoms with Crippen LogP contribution < -0.4 is 4.72 Å². The van der Waals surface area contributed by atoms with Crippen molar-refractivity contribution in [2.45, 2.75) is 31.4 Å². The molecule has 0 aromatic heterocycles. The molecule has 0 unspecified atom stereocenters. The van der Waals surface area contributed by atoms with E-state index in [9.17, 15) is 8.42 Å². The van der Waals surface area contributed by atoms with E-state index in [4.69, 9.17) is 28.3 Å². The highest BCUT2D eigenvalue weighted by Crippen LogP contribution is 2.31. The molecule has 0 aliphatic rings. The largest absolute Gasteiger partial charge is 0.392 e. The predicted molar refractivity (Wildman–Crippen MR) is 67.8 cm³/mol. The normalized spacial score (nSPS) is 12.1. The lowest BCUT2D eigenvalue weighted by Crippen LogP contribution is -2.30. The minimum atomic E-state index is -3.69. The fourth-order valence-electron chi connectivity index (χ4n) is 1.30. The summed E-state index contributed by atoms with van der Waals surface area (Å²) in [4.78, 5) is -0.0821. The predicted octanol–water partition coefficient (Wildman–Crippen LogP) is 2.17. The summed E-state index contributed by atoms with van der Waals surface area (Å²) in [5.74, 6) is 0. The second-order valence-corrected chi connectivity index (χ2v) is 6.24. The van der Waals surface area contributed by atoms with Gasteiger partial charge in [-0.15, -0.1) is 0 Å². The molecule has 7 heteroatoms. The van der Waals surface area contributed by atoms with Crippen molar-refractivity contribution in [3.63, 3.8) is 0 Å². The molecule has 0 bridgehead atoms. The molecule has 0 saturated heterocycles. The first-order valence-corrected chi connectivity index (χ1v) is 7.13. The fraction of sp³-hybridized carbons (Fsp3) is 0.400. The summed E-state index contributed by atoms with van der Waals surface area (Å²) in [5, 5.41) is 9.28. The summed E-state index contributed by atoms with van der Waals surface area (Å²) < 4.78 is 26.3. The third-order valence-corrected chi connectivity index (χ3v) is 4.59. The van der Waals surface area contributed by atoms with Crippen LogP contribution in [0.5, 0.6) is 0 Å². The Morgan fingerprint density at radius 1 is 1.35 bits per heavy atom. The number of nitrogens with one attached hydrogen (secondary N) is 1. The van der Waals surface area contributed by atoms with Crippen molar-refractivity contribution in [1.29, 1.82) is 0 Å². The Kier molecular flexibility index (Phi) is 4.80. The highest BCUT2D eigenvalue weighted by atomic mass is 35.5. The van der Waals surface area contributed by atoms with Crippen LogP contribution in [0, 0.1) is 0 Å². The monoisotopic (exact) mass is 297 g/mol. The third kappa shape index (κ3) is 3.33. The van der Waals surface area contributed by atoms with E-state index in [1.807, 2.05) is 0 Å². The van der Waals surface area contributed by atoms with Crippen molar-refractivity contribution in [2.24, 2.45) is 0 Å². The van der Waals surface area contributed by atoms with E-state index in [-0.39, 0.29) is 26.5 Å². The Morgan fingerprint density at radius 3 is 2.41 bits per heavy atom. The number of rotatable bonds is 4. The zero-order chi connectivity index (χ0) is 13.2. The van der Waals surface area contributed by atoms with E-state index in [1.165, 1.54) is 12.1 Å². The molecule has 1 aromatic carbocycles. The Balaban J connectivity index is 3.34. The second-order valence-electron chi connectivity index (χ2n) is 3.77. The lowest BCUT2D eigenvalue weighted by Gasteiger charge is -2.13. The Labute approximate surface area is 111 Å². The van der Waals surface area contributed by atoms with Crippen molar-refractivity contribution in [1.82, 2.24) is 4.72 Å². The zero-order valence-corrected chi connectivity index (χ0v) is 11.7. The van der Waals surface area contributed by atoms with Crippen LogP contribution in [0.1, 0.15) is 19.4 Å². The molecule has 0 saturated carbocycles. The molecule has 0 atom stereocenters. The number of aliphatic hydroxyl groups excluding tert-OH is 1. The highest BCUT2D eigenvalue weighted by Gasteiger charge is 2.21. The van der Waals surface area contributed by atoms with Gasteiger partial charge in [-0.25, -0.2) is 13.1 Å². The van der Waals surface area contributed by atoms with Crippen LogP contribution in [0.15, 0.2) is 17.0 Å². The van der Waals surface area contributed by atoms with Crippen molar-refractivity contribution < 1.29 is 13.5 Å². The molecule has 2 N–H and O–H groups in total. The average molecular weight is 298 g/mol. The van der Waals surface area contributed by atoms with Crippen LogP contribution in [0.25, 0.3) is 0 Å². The van der Waals surface area contributed by atoms with Crippen LogP contribution >= 0.6 is 23.2 Å². The molecular weight excluding hydrogens is 285 g/mol. The SMILES string of the molecule is CC(C)NS(=O)(=O)c1ccc(Cl)c(CO)c1Cl. The number of aliphatic hydroxyl groups is 1. The molecule has 96 valence electrons. The van der Waals surface area contributed by atoms with E-state index in [0.717, 1.165) is 0 Å². The first kappa shape index (κ1) is 14.7. The summed E-state index contributed by atoms with van der Waals surface area (Å²) in [5.41, 5.74) is 0.208. The van der Waals surface area contributed by atoms with E-state index >= 15 is 0 Å². The summed E-state index contributed by atoms with van der Waals surface area (Å²) in [6.07, 6.45) is 0. The molecule has 0 amide bonds. The topological polar surface area (TPSA) is 66.4 Å². The van der Waals surface area contributed by atoms with Crippen LogP contribution in [0.2, 0.25) is 10.0 Å². The van der Waals surface area contributed by atoms with Gasteiger partial charge < -0.3 is 5.11 Å². The third-order valence-electron chi connectivity index (χ3n) is 1.99. The molecule has 0 spiro atoms. The first-order chi connectivity index (χ1) is 7.79. The van der Waals surface area contributed by atoms with Gasteiger partial charge in [0, 0.05) is 16.6 Å². The van der Waals surface area contributed by atoms with Crippen LogP contribution in [-0.2, 0) is 16.6 Å². The molecule has 1 rings (SSSR count). The summed E-state index contributed by atoms with van der Waals surface area (Å²) in [6.45, 7) is 2.99. The van der Waals surface area contributed by atoms with Gasteiger partial charge in [-0.3, -0.25) is 0 Å². The Bertz CT molecular complexity index is 515. The molecule has 0 heterocycles. The molecular formula is C10H13Cl2NO3S. The summed E-state index contributed by atoms with van der Waals surface area (Å²) >= 11 is 11.7. The van der Waals surface area contributed by atoms with Crippen molar-refractivity contribution in [3.8, 4) is 0 Å². The summed E-state index contributed by atoms with van der Waals surface area (Å²) in [6, 6.07) is 2.46. The quantitative estimate of drug-likeness (QED) is 0.895. The number of hydrogen-bond acceptors (Lipinski definition) is 3. The molecule has 0 radical (unpaired) electrons. The molecule has 17 heavy (non-hydrogen) atoms. The fourth-order valence-corrected chi connectivity index (χ4v) is 3.45. The van der Waals surface area contributed by atoms with Crippen molar-refractivity contribution in [3.05, 3.63) is 27.7 Å². The van der Waals surface area contributed by atoms with Crippen LogP contribution in [-0.4, -0.2) is 19.6 Å². The van der Waals surface area contributed by atoms with Gasteiger partial charge in [0.05, 0.1) is 11.6 Å². The second kappa shape index (κ2) is 5.54. The van der Waals surface area contributed by atoms with Gasteiger partial charge in [-0.05, 0) is 26.0 Å². The van der Waals surface area contributed by atoms with E-state index in [1.54, 1.807) is 13.8 Å². The van der Waals surface area contributed by atoms with Gasteiger partial charge in [0.15, 0.2) is 0 Å². The maximum absolute atomic E-state index is 11.9. The highest BCUT2D eigenvalue weighted by molar-refractivity contribution is 7.89. The average Bonchev–Trinajstić information content (AvgIpc) is 2.15. The molecule has 0 aliphatic heterocycles. The van der Waals surface area contributed by atoms with Gasteiger partial charge in [0.1, 0.15) is 4.90 Å². The van der Waals surface area contributed by atoms with Gasteiger partial charge in [-0.1, -0.05) is 23.2 Å². The van der Waals surface area contributed by atoms with E-state index in [2.05, 4.69) is 4.72 Å². The number of halogens is 2. The van der Waals surface area contributed by atoms with Crippen molar-refractivity contribution in [2.75, 3.05) is 0 Å². The van der Waals surface area contributed by atoms with Crippen molar-refractivity contribution >= 4 is 33.2 Å². The standard InChI is InChI=1S/C10H13Cl2NO3S/c1-6(2)13-17(15,16)9-4-3-8(11)7(5-14)10(9)12/h3-4,6,13-14H,5H2,1-2H3. The number of sulfonamides is 1. The zero-order valence-electron chi connectivity index (χ0n) is 9.37. The Hall–Kier alpha value is -0.330. The van der Waals surface area contributed by atoms with Crippen LogP contribution in [0.4, 0.5) is 0 Å². The minimum Gasteiger partial charge on any atom is -0.392 e. The minimum absolute atomic E-state index is 0.0480. The maximum atomic E-state index is 11.9. The number of benzene rings is 1. The Morgan fingerprint density at radius 2 is 1.94 bits per heavy atom. The molecule has 0 fully saturated rings. The van der Waals surface area contributed by atoms with Crippen LogP contribution in [0.3, 0.4) is 0 Å². The maximum Gasteiger partial charge on any atom is 0.242 e. The summed E-state index contributed by atoms with van der Waals surface area (Å²) in [7, 11) is -3.69. The number of hydrogen-bond donors (Lipinski definition) is 2. The van der Waals surface area contributed by atoms with Gasteiger partial charge >= 0.3 is 0 Å². The van der Waals surface area contributed by atoms with Gasteiger partial charge in [0.2, 0.25) is 10.0 Å². The molecule has 0 aliphatic carbocycles. The smallest absolute Gasteiger partial charge is 0.242 e. The van der Waals surface area contributed by atoms with Gasteiger partial charge in [0.25, 0.3) is 0 Å². The molecule has 4 nitrogen and oxygen atoms in total. The first-order valence-electron chi connectivity index (χ1n) is 4.89. The van der Waals surface area contributed by atoms with Gasteiger partial charge in [-0.2, -0.15) is 0 Å². The molecule has 1 aromatic rings. The lowest BCUT2D eigenvalue weighted by molar-refractivity contribution is 0.281. The lowest BCUT2D eigenvalue weighted by atomic mass is 10.2. The van der Waals surface area contributed by atoms with E-state index < -0.39 is 16.6 Å². The van der Waals surface area contributed by atoms with E-state index in [0.29, 0.717) is 0 Å².